The van der Waals surface area contributed by atoms with Gasteiger partial charge in [0.2, 0.25) is 0 Å². The van der Waals surface area contributed by atoms with Crippen molar-refractivity contribution in [1.29, 1.82) is 0 Å². The zero-order valence-electron chi connectivity index (χ0n) is 15.5. The third-order valence-corrected chi connectivity index (χ3v) is 7.48. The second-order valence-corrected chi connectivity index (χ2v) is 9.51. The zero-order chi connectivity index (χ0) is 19.3. The first-order chi connectivity index (χ1) is 13.6. The predicted octanol–water partition coefficient (Wildman–Crippen LogP) is 6.14. The molecule has 28 heavy (non-hydrogen) atoms. The van der Waals surface area contributed by atoms with Crippen LogP contribution in [-0.2, 0) is 12.8 Å². The number of amides is 1. The van der Waals surface area contributed by atoms with Gasteiger partial charge in [-0.3, -0.25) is 4.79 Å². The van der Waals surface area contributed by atoms with Crippen LogP contribution in [0.2, 0.25) is 0 Å². The highest BCUT2D eigenvalue weighted by Crippen LogP contribution is 2.43. The fraction of sp³-hybridized carbons (Fsp3) is 0.318. The quantitative estimate of drug-likeness (QED) is 0.497. The molecule has 2 N–H and O–H groups in total. The molecule has 5 rings (SSSR count). The lowest BCUT2D eigenvalue weighted by Gasteiger charge is -2.25. The molecule has 1 aliphatic heterocycles. The SMILES string of the molecule is CC[C@H]1CCc2c(sc3c2C(=O)N[C@@H](c2ccc(-c4ccc(Br)cc4)o2)N3)C1. The summed E-state index contributed by atoms with van der Waals surface area (Å²) in [6, 6.07) is 11.9. The standard InChI is InChI=1S/C22H21BrN2O2S/c1-2-12-3-8-15-18(11-12)28-22-19(15)21(26)24-20(25-22)17-10-9-16(27-17)13-4-6-14(23)7-5-13/h4-7,9-10,12,20,25H,2-3,8,11H2,1H3,(H,24,26)/t12-,20+/m0/s1. The summed E-state index contributed by atoms with van der Waals surface area (Å²) in [7, 11) is 0. The van der Waals surface area contributed by atoms with Crippen LogP contribution in [0.5, 0.6) is 0 Å². The summed E-state index contributed by atoms with van der Waals surface area (Å²) in [5.74, 6) is 2.26. The molecule has 0 bridgehead atoms. The fourth-order valence-electron chi connectivity index (χ4n) is 4.13. The maximum absolute atomic E-state index is 12.9. The summed E-state index contributed by atoms with van der Waals surface area (Å²) in [5.41, 5.74) is 3.11. The van der Waals surface area contributed by atoms with Crippen LogP contribution in [0.15, 0.2) is 45.3 Å². The molecule has 2 aromatic heterocycles. The summed E-state index contributed by atoms with van der Waals surface area (Å²) < 4.78 is 7.09. The Balaban J connectivity index is 1.42. The number of carbonyl (C=O) groups is 1. The molecule has 4 nitrogen and oxygen atoms in total. The molecule has 3 heterocycles. The van der Waals surface area contributed by atoms with Gasteiger partial charge in [-0.05, 0) is 55.0 Å². The second kappa shape index (κ2) is 7.08. The van der Waals surface area contributed by atoms with E-state index in [-0.39, 0.29) is 12.1 Å². The van der Waals surface area contributed by atoms with Crippen LogP contribution in [-0.4, -0.2) is 5.91 Å². The van der Waals surface area contributed by atoms with Gasteiger partial charge in [-0.2, -0.15) is 0 Å². The van der Waals surface area contributed by atoms with Gasteiger partial charge in [-0.15, -0.1) is 11.3 Å². The van der Waals surface area contributed by atoms with E-state index in [1.807, 2.05) is 36.4 Å². The van der Waals surface area contributed by atoms with Crippen LogP contribution < -0.4 is 10.6 Å². The largest absolute Gasteiger partial charge is 0.457 e. The number of hydrogen-bond donors (Lipinski definition) is 2. The van der Waals surface area contributed by atoms with Crippen molar-refractivity contribution < 1.29 is 9.21 Å². The Bertz CT molecular complexity index is 1040. The van der Waals surface area contributed by atoms with Crippen molar-refractivity contribution in [3.8, 4) is 11.3 Å². The van der Waals surface area contributed by atoms with Crippen LogP contribution >= 0.6 is 27.3 Å². The van der Waals surface area contributed by atoms with Gasteiger partial charge < -0.3 is 15.1 Å². The molecule has 0 spiro atoms. The number of furan rings is 1. The number of anilines is 1. The van der Waals surface area contributed by atoms with Crippen molar-refractivity contribution in [3.63, 3.8) is 0 Å². The second-order valence-electron chi connectivity index (χ2n) is 7.48. The van der Waals surface area contributed by atoms with E-state index in [0.29, 0.717) is 0 Å². The summed E-state index contributed by atoms with van der Waals surface area (Å²) in [5, 5.41) is 7.56. The predicted molar refractivity (Wildman–Crippen MR) is 116 cm³/mol. The average Bonchev–Trinajstić information content (AvgIpc) is 3.32. The van der Waals surface area contributed by atoms with Crippen molar-refractivity contribution in [3.05, 3.63) is 62.6 Å². The maximum atomic E-state index is 12.9. The number of hydrogen-bond acceptors (Lipinski definition) is 4. The van der Waals surface area contributed by atoms with E-state index >= 15 is 0 Å². The molecule has 6 heteroatoms. The minimum atomic E-state index is -0.341. The van der Waals surface area contributed by atoms with E-state index in [4.69, 9.17) is 4.42 Å². The van der Waals surface area contributed by atoms with Crippen LogP contribution in [0.25, 0.3) is 11.3 Å². The monoisotopic (exact) mass is 456 g/mol. The first-order valence-electron chi connectivity index (χ1n) is 9.70. The lowest BCUT2D eigenvalue weighted by molar-refractivity contribution is 0.0930. The average molecular weight is 457 g/mol. The van der Waals surface area contributed by atoms with Gasteiger partial charge in [0.1, 0.15) is 16.5 Å². The van der Waals surface area contributed by atoms with Gasteiger partial charge in [-0.25, -0.2) is 0 Å². The van der Waals surface area contributed by atoms with Gasteiger partial charge in [0.25, 0.3) is 5.91 Å². The Hall–Kier alpha value is -2.05. The minimum absolute atomic E-state index is 0.00721. The molecule has 2 aliphatic rings. The summed E-state index contributed by atoms with van der Waals surface area (Å²) in [6.45, 7) is 2.25. The molecule has 144 valence electrons. The molecule has 0 saturated carbocycles. The third kappa shape index (κ3) is 3.08. The molecular weight excluding hydrogens is 436 g/mol. The molecule has 0 radical (unpaired) electrons. The summed E-state index contributed by atoms with van der Waals surface area (Å²) in [4.78, 5) is 14.3. The minimum Gasteiger partial charge on any atom is -0.457 e. The van der Waals surface area contributed by atoms with Crippen LogP contribution in [0.4, 0.5) is 5.00 Å². The molecule has 0 fully saturated rings. The lowest BCUT2D eigenvalue weighted by atomic mass is 9.85. The number of fused-ring (bicyclic) bond motifs is 3. The molecule has 0 unspecified atom stereocenters. The van der Waals surface area contributed by atoms with Gasteiger partial charge in [0.05, 0.1) is 5.56 Å². The molecule has 1 aromatic carbocycles. The Morgan fingerprint density at radius 2 is 2.00 bits per heavy atom. The number of nitrogens with one attached hydrogen (secondary N) is 2. The van der Waals surface area contributed by atoms with Crippen LogP contribution in [0.1, 0.15) is 52.5 Å². The van der Waals surface area contributed by atoms with Gasteiger partial charge in [-0.1, -0.05) is 41.4 Å². The first kappa shape index (κ1) is 18.0. The third-order valence-electron chi connectivity index (χ3n) is 5.76. The highest BCUT2D eigenvalue weighted by atomic mass is 79.9. The number of halogens is 1. The number of thiophene rings is 1. The van der Waals surface area contributed by atoms with E-state index in [0.717, 1.165) is 50.9 Å². The smallest absolute Gasteiger partial charge is 0.256 e. The fourth-order valence-corrected chi connectivity index (χ4v) is 5.79. The number of rotatable bonds is 3. The van der Waals surface area contributed by atoms with E-state index in [9.17, 15) is 4.79 Å². The Morgan fingerprint density at radius 3 is 2.79 bits per heavy atom. The van der Waals surface area contributed by atoms with Gasteiger partial charge in [0.15, 0.2) is 6.17 Å². The van der Waals surface area contributed by atoms with Gasteiger partial charge in [0, 0.05) is 14.9 Å². The van der Waals surface area contributed by atoms with E-state index < -0.39 is 0 Å². The molecule has 1 aliphatic carbocycles. The Labute approximate surface area is 176 Å². The van der Waals surface area contributed by atoms with E-state index in [1.165, 1.54) is 23.3 Å². The van der Waals surface area contributed by atoms with Crippen LogP contribution in [0, 0.1) is 5.92 Å². The Kier molecular flexibility index (Phi) is 4.56. The molecule has 1 amide bonds. The summed E-state index contributed by atoms with van der Waals surface area (Å²) in [6.07, 6.45) is 4.14. The van der Waals surface area contributed by atoms with Crippen molar-refractivity contribution in [2.45, 2.75) is 38.8 Å². The van der Waals surface area contributed by atoms with Crippen molar-refractivity contribution in [2.75, 3.05) is 5.32 Å². The van der Waals surface area contributed by atoms with Crippen LogP contribution in [0.3, 0.4) is 0 Å². The first-order valence-corrected chi connectivity index (χ1v) is 11.3. The van der Waals surface area contributed by atoms with Gasteiger partial charge >= 0.3 is 0 Å². The molecule has 2 atom stereocenters. The molecular formula is C22H21BrN2O2S. The van der Waals surface area contributed by atoms with Crippen molar-refractivity contribution in [2.24, 2.45) is 5.92 Å². The number of benzene rings is 1. The maximum Gasteiger partial charge on any atom is 0.256 e. The highest BCUT2D eigenvalue weighted by molar-refractivity contribution is 9.10. The topological polar surface area (TPSA) is 54.3 Å². The molecule has 0 saturated heterocycles. The highest BCUT2D eigenvalue weighted by Gasteiger charge is 2.34. The van der Waals surface area contributed by atoms with E-state index in [1.54, 1.807) is 11.3 Å². The normalized spacial score (nSPS) is 20.9. The van der Waals surface area contributed by atoms with Crippen molar-refractivity contribution >= 4 is 38.2 Å². The Morgan fingerprint density at radius 1 is 1.18 bits per heavy atom. The number of carbonyl (C=O) groups excluding carboxylic acids is 1. The summed E-state index contributed by atoms with van der Waals surface area (Å²) >= 11 is 5.20. The lowest BCUT2D eigenvalue weighted by Crippen LogP contribution is -2.38. The van der Waals surface area contributed by atoms with Crippen molar-refractivity contribution in [1.82, 2.24) is 5.32 Å². The van der Waals surface area contributed by atoms with E-state index in [2.05, 4.69) is 33.5 Å². The molecule has 3 aromatic rings. The zero-order valence-corrected chi connectivity index (χ0v) is 18.0.